The lowest BCUT2D eigenvalue weighted by Gasteiger charge is -2.21. The summed E-state index contributed by atoms with van der Waals surface area (Å²) >= 11 is 8.76. The van der Waals surface area contributed by atoms with Gasteiger partial charge in [-0.15, -0.1) is 11.3 Å². The molecule has 3 nitrogen and oxygen atoms in total. The summed E-state index contributed by atoms with van der Waals surface area (Å²) in [5.74, 6) is 0. The zero-order valence-electron chi connectivity index (χ0n) is 10.4. The van der Waals surface area contributed by atoms with Crippen LogP contribution in [0.1, 0.15) is 29.2 Å². The lowest BCUT2D eigenvalue weighted by atomic mass is 10.1. The van der Waals surface area contributed by atoms with E-state index in [0.29, 0.717) is 0 Å². The molecule has 0 radical (unpaired) electrons. The van der Waals surface area contributed by atoms with Crippen LogP contribution in [0.2, 0.25) is 0 Å². The first kappa shape index (κ1) is 14.2. The lowest BCUT2D eigenvalue weighted by molar-refractivity contribution is 0.449. The van der Waals surface area contributed by atoms with Crippen LogP contribution >= 0.6 is 43.2 Å². The second kappa shape index (κ2) is 5.45. The monoisotopic (exact) mass is 391 g/mol. The van der Waals surface area contributed by atoms with Crippen LogP contribution in [0.5, 0.6) is 0 Å². The third kappa shape index (κ3) is 2.57. The van der Waals surface area contributed by atoms with Crippen molar-refractivity contribution in [3.8, 4) is 0 Å². The van der Waals surface area contributed by atoms with Crippen LogP contribution in [-0.4, -0.2) is 15.8 Å². The van der Waals surface area contributed by atoms with Crippen molar-refractivity contribution >= 4 is 43.2 Å². The molecule has 2 N–H and O–H groups in total. The molecule has 0 aliphatic carbocycles. The van der Waals surface area contributed by atoms with Crippen molar-refractivity contribution in [1.29, 1.82) is 0 Å². The number of hydrogen-bond donors (Lipinski definition) is 1. The van der Waals surface area contributed by atoms with Crippen molar-refractivity contribution in [2.45, 2.75) is 32.9 Å². The van der Waals surface area contributed by atoms with Crippen LogP contribution < -0.4 is 5.73 Å². The number of thiophene rings is 1. The third-order valence-corrected chi connectivity index (χ3v) is 5.79. The summed E-state index contributed by atoms with van der Waals surface area (Å²) in [6.45, 7) is 6.07. The molecule has 2 rings (SSSR count). The minimum Gasteiger partial charge on any atom is -0.326 e. The lowest BCUT2D eigenvalue weighted by Crippen LogP contribution is -2.31. The van der Waals surface area contributed by atoms with E-state index < -0.39 is 0 Å². The number of aryl methyl sites for hydroxylation is 1. The van der Waals surface area contributed by atoms with Gasteiger partial charge < -0.3 is 5.73 Å². The predicted octanol–water partition coefficient (Wildman–Crippen LogP) is 4.02. The summed E-state index contributed by atoms with van der Waals surface area (Å²) < 4.78 is 4.17. The number of rotatable bonds is 3. The first-order chi connectivity index (χ1) is 8.41. The molecular weight excluding hydrogens is 378 g/mol. The van der Waals surface area contributed by atoms with Crippen LogP contribution in [0.3, 0.4) is 0 Å². The summed E-state index contributed by atoms with van der Waals surface area (Å²) in [4.78, 5) is 1.22. The number of halogens is 2. The summed E-state index contributed by atoms with van der Waals surface area (Å²) in [6, 6.07) is 2.19. The van der Waals surface area contributed by atoms with Gasteiger partial charge in [-0.3, -0.25) is 4.68 Å². The van der Waals surface area contributed by atoms with Crippen LogP contribution in [0, 0.1) is 13.8 Å². The van der Waals surface area contributed by atoms with Gasteiger partial charge in [0.1, 0.15) is 6.04 Å². The zero-order chi connectivity index (χ0) is 13.4. The maximum absolute atomic E-state index is 6.15. The molecule has 0 spiro atoms. The van der Waals surface area contributed by atoms with Gasteiger partial charge in [-0.25, -0.2) is 0 Å². The van der Waals surface area contributed by atoms with E-state index in [4.69, 9.17) is 5.73 Å². The Labute approximate surface area is 128 Å². The van der Waals surface area contributed by atoms with E-state index in [9.17, 15) is 0 Å². The van der Waals surface area contributed by atoms with E-state index >= 15 is 0 Å². The molecule has 0 saturated heterocycles. The molecule has 2 aromatic rings. The highest BCUT2D eigenvalue weighted by Gasteiger charge is 2.24. The minimum absolute atomic E-state index is 0.000417. The molecule has 0 amide bonds. The molecule has 98 valence electrons. The maximum Gasteiger partial charge on any atom is 0.101 e. The quantitative estimate of drug-likeness (QED) is 0.856. The van der Waals surface area contributed by atoms with Crippen LogP contribution in [-0.2, 0) is 0 Å². The standard InChI is InChI=1S/C12H15Br2N3S/c1-6(15)12(10-4-9(13)5-18-10)17-8(3)11(14)7(2)16-17/h4-6,12H,15H2,1-3H3. The van der Waals surface area contributed by atoms with Crippen LogP contribution in [0.25, 0.3) is 0 Å². The van der Waals surface area contributed by atoms with Gasteiger partial charge in [0, 0.05) is 20.8 Å². The third-order valence-electron chi connectivity index (χ3n) is 2.88. The van der Waals surface area contributed by atoms with Crippen molar-refractivity contribution in [1.82, 2.24) is 9.78 Å². The summed E-state index contributed by atoms with van der Waals surface area (Å²) in [7, 11) is 0. The largest absolute Gasteiger partial charge is 0.326 e. The first-order valence-electron chi connectivity index (χ1n) is 5.62. The van der Waals surface area contributed by atoms with Crippen LogP contribution in [0.15, 0.2) is 20.4 Å². The molecule has 6 heteroatoms. The Morgan fingerprint density at radius 1 is 1.39 bits per heavy atom. The molecule has 18 heavy (non-hydrogen) atoms. The molecule has 0 fully saturated rings. The highest BCUT2D eigenvalue weighted by atomic mass is 79.9. The van der Waals surface area contributed by atoms with Gasteiger partial charge in [0.25, 0.3) is 0 Å². The number of nitrogens with two attached hydrogens (primary N) is 1. The van der Waals surface area contributed by atoms with E-state index in [0.717, 1.165) is 20.3 Å². The molecule has 0 aliphatic rings. The van der Waals surface area contributed by atoms with Crippen molar-refractivity contribution in [3.05, 3.63) is 36.7 Å². The fourth-order valence-electron chi connectivity index (χ4n) is 2.00. The molecular formula is C12H15Br2N3S. The average molecular weight is 393 g/mol. The number of nitrogens with zero attached hydrogens (tertiary/aromatic N) is 2. The van der Waals surface area contributed by atoms with Crippen LogP contribution in [0.4, 0.5) is 0 Å². The zero-order valence-corrected chi connectivity index (χ0v) is 14.4. The van der Waals surface area contributed by atoms with Gasteiger partial charge >= 0.3 is 0 Å². The van der Waals surface area contributed by atoms with Gasteiger partial charge in [-0.2, -0.15) is 5.10 Å². The summed E-state index contributed by atoms with van der Waals surface area (Å²) in [5, 5.41) is 6.67. The molecule has 2 heterocycles. The molecule has 0 saturated carbocycles. The second-order valence-corrected chi connectivity index (χ2v) is 7.05. The summed E-state index contributed by atoms with van der Waals surface area (Å²) in [6.07, 6.45) is 0. The molecule has 2 atom stereocenters. The topological polar surface area (TPSA) is 43.8 Å². The first-order valence-corrected chi connectivity index (χ1v) is 8.09. The maximum atomic E-state index is 6.15. The van der Waals surface area contributed by atoms with E-state index in [2.05, 4.69) is 55.3 Å². The average Bonchev–Trinajstić information content (AvgIpc) is 2.80. The Hall–Kier alpha value is -0.170. The van der Waals surface area contributed by atoms with Gasteiger partial charge in [0.15, 0.2) is 0 Å². The minimum atomic E-state index is 0.000417. The van der Waals surface area contributed by atoms with E-state index in [1.54, 1.807) is 11.3 Å². The predicted molar refractivity (Wildman–Crippen MR) is 83.2 cm³/mol. The highest BCUT2D eigenvalue weighted by molar-refractivity contribution is 9.10. The fraction of sp³-hybridized carbons (Fsp3) is 0.417. The van der Waals surface area contributed by atoms with Gasteiger partial charge in [0.05, 0.1) is 15.9 Å². The Morgan fingerprint density at radius 2 is 2.06 bits per heavy atom. The van der Waals surface area contributed by atoms with E-state index in [1.807, 2.05) is 18.5 Å². The number of aromatic nitrogens is 2. The Morgan fingerprint density at radius 3 is 2.44 bits per heavy atom. The SMILES string of the molecule is Cc1nn(C(c2cc(Br)cs2)C(C)N)c(C)c1Br. The fourth-order valence-corrected chi connectivity index (χ4v) is 3.90. The van der Waals surface area contributed by atoms with Gasteiger partial charge in [-0.1, -0.05) is 0 Å². The highest BCUT2D eigenvalue weighted by Crippen LogP contribution is 2.32. The van der Waals surface area contributed by atoms with Crippen molar-refractivity contribution in [3.63, 3.8) is 0 Å². The van der Waals surface area contributed by atoms with Crippen molar-refractivity contribution < 1.29 is 0 Å². The second-order valence-electron chi connectivity index (χ2n) is 4.40. The molecule has 0 aliphatic heterocycles. The molecule has 2 unspecified atom stereocenters. The van der Waals surface area contributed by atoms with Gasteiger partial charge in [-0.05, 0) is 58.7 Å². The summed E-state index contributed by atoms with van der Waals surface area (Å²) in [5.41, 5.74) is 8.26. The molecule has 0 bridgehead atoms. The Balaban J connectivity index is 2.51. The Bertz CT molecular complexity index is 560. The Kier molecular flexibility index (Phi) is 4.31. The van der Waals surface area contributed by atoms with Gasteiger partial charge in [0.2, 0.25) is 0 Å². The molecule has 2 aromatic heterocycles. The smallest absolute Gasteiger partial charge is 0.101 e. The van der Waals surface area contributed by atoms with E-state index in [-0.39, 0.29) is 12.1 Å². The number of hydrogen-bond acceptors (Lipinski definition) is 3. The molecule has 0 aromatic carbocycles. The van der Waals surface area contributed by atoms with Crippen molar-refractivity contribution in [2.75, 3.05) is 0 Å². The van der Waals surface area contributed by atoms with E-state index in [1.165, 1.54) is 4.88 Å². The van der Waals surface area contributed by atoms with Crippen molar-refractivity contribution in [2.24, 2.45) is 5.73 Å². The normalized spacial score (nSPS) is 14.8.